The zero-order valence-corrected chi connectivity index (χ0v) is 11.9. The number of nitro benzene ring substituents is 1. The standard InChI is InChI=1S/C13H18ClN3O2/c1-9-8-16(2)6-5-11(9)15-12-4-3-10(14)7-13(12)17(18)19/h3-4,7,9,11,15H,5-6,8H2,1-2H3. The normalized spacial score (nSPS) is 24.2. The second-order valence-corrected chi connectivity index (χ2v) is 5.63. The molecule has 5 nitrogen and oxygen atoms in total. The van der Waals surface area contributed by atoms with Crippen molar-refractivity contribution in [2.75, 3.05) is 25.5 Å². The Balaban J connectivity index is 2.17. The van der Waals surface area contributed by atoms with Gasteiger partial charge in [-0.05, 0) is 38.1 Å². The van der Waals surface area contributed by atoms with Crippen molar-refractivity contribution >= 4 is 23.0 Å². The molecule has 0 bridgehead atoms. The van der Waals surface area contributed by atoms with Gasteiger partial charge in [0.2, 0.25) is 0 Å². The molecule has 104 valence electrons. The van der Waals surface area contributed by atoms with Crippen molar-refractivity contribution < 1.29 is 4.92 Å². The predicted octanol–water partition coefficient (Wildman–Crippen LogP) is 3.00. The lowest BCUT2D eigenvalue weighted by molar-refractivity contribution is -0.384. The Morgan fingerprint density at radius 1 is 1.53 bits per heavy atom. The third kappa shape index (κ3) is 3.36. The van der Waals surface area contributed by atoms with Gasteiger partial charge in [0.05, 0.1) is 4.92 Å². The predicted molar refractivity (Wildman–Crippen MR) is 76.8 cm³/mol. The van der Waals surface area contributed by atoms with Gasteiger partial charge in [0, 0.05) is 23.7 Å². The van der Waals surface area contributed by atoms with Gasteiger partial charge in [-0.25, -0.2) is 0 Å². The van der Waals surface area contributed by atoms with Crippen molar-refractivity contribution in [1.82, 2.24) is 4.90 Å². The smallest absolute Gasteiger partial charge is 0.293 e. The van der Waals surface area contributed by atoms with E-state index in [0.717, 1.165) is 19.5 Å². The summed E-state index contributed by atoms with van der Waals surface area (Å²) in [6.07, 6.45) is 0.984. The molecule has 0 aromatic heterocycles. The molecule has 0 radical (unpaired) electrons. The van der Waals surface area contributed by atoms with Crippen LogP contribution >= 0.6 is 11.6 Å². The molecule has 19 heavy (non-hydrogen) atoms. The van der Waals surface area contributed by atoms with Crippen LogP contribution in [0, 0.1) is 16.0 Å². The molecule has 1 aliphatic rings. The molecular formula is C13H18ClN3O2. The molecule has 2 atom stereocenters. The zero-order chi connectivity index (χ0) is 14.0. The molecule has 6 heteroatoms. The number of nitro groups is 1. The number of likely N-dealkylation sites (tertiary alicyclic amines) is 1. The van der Waals surface area contributed by atoms with Crippen LogP contribution in [0.1, 0.15) is 13.3 Å². The number of halogens is 1. The quantitative estimate of drug-likeness (QED) is 0.684. The van der Waals surface area contributed by atoms with Gasteiger partial charge >= 0.3 is 0 Å². The van der Waals surface area contributed by atoms with Gasteiger partial charge in [0.1, 0.15) is 5.69 Å². The van der Waals surface area contributed by atoms with E-state index in [1.165, 1.54) is 6.07 Å². The lowest BCUT2D eigenvalue weighted by atomic mass is 9.94. The van der Waals surface area contributed by atoms with Crippen LogP contribution in [0.4, 0.5) is 11.4 Å². The van der Waals surface area contributed by atoms with Gasteiger partial charge in [-0.3, -0.25) is 10.1 Å². The Hall–Kier alpha value is -1.33. The molecule has 2 rings (SSSR count). The highest BCUT2D eigenvalue weighted by Crippen LogP contribution is 2.30. The second kappa shape index (κ2) is 5.75. The largest absolute Gasteiger partial charge is 0.376 e. The summed E-state index contributed by atoms with van der Waals surface area (Å²) >= 11 is 5.81. The Morgan fingerprint density at radius 2 is 2.26 bits per heavy atom. The Labute approximate surface area is 117 Å². The highest BCUT2D eigenvalue weighted by Gasteiger charge is 2.26. The number of hydrogen-bond acceptors (Lipinski definition) is 4. The number of rotatable bonds is 3. The number of benzene rings is 1. The molecule has 0 spiro atoms. The minimum atomic E-state index is -0.395. The third-order valence-electron chi connectivity index (χ3n) is 3.61. The maximum absolute atomic E-state index is 11.0. The molecule has 2 unspecified atom stereocenters. The summed E-state index contributed by atoms with van der Waals surface area (Å²) in [5, 5.41) is 14.7. The van der Waals surface area contributed by atoms with Crippen molar-refractivity contribution in [3.05, 3.63) is 33.3 Å². The lowest BCUT2D eigenvalue weighted by Crippen LogP contribution is -2.43. The van der Waals surface area contributed by atoms with E-state index in [1.54, 1.807) is 12.1 Å². The van der Waals surface area contributed by atoms with E-state index < -0.39 is 4.92 Å². The SMILES string of the molecule is CC1CN(C)CCC1Nc1ccc(Cl)cc1[N+](=O)[O-]. The zero-order valence-electron chi connectivity index (χ0n) is 11.1. The summed E-state index contributed by atoms with van der Waals surface area (Å²) in [4.78, 5) is 12.9. The number of piperidine rings is 1. The van der Waals surface area contributed by atoms with Crippen LogP contribution in [-0.4, -0.2) is 36.0 Å². The highest BCUT2D eigenvalue weighted by atomic mass is 35.5. The fourth-order valence-electron chi connectivity index (χ4n) is 2.55. The Morgan fingerprint density at radius 3 is 2.89 bits per heavy atom. The van der Waals surface area contributed by atoms with E-state index in [-0.39, 0.29) is 11.7 Å². The molecule has 0 saturated carbocycles. The van der Waals surface area contributed by atoms with E-state index in [2.05, 4.69) is 24.2 Å². The number of hydrogen-bond donors (Lipinski definition) is 1. The number of nitrogens with zero attached hydrogens (tertiary/aromatic N) is 2. The van der Waals surface area contributed by atoms with Crippen molar-refractivity contribution in [2.24, 2.45) is 5.92 Å². The maximum Gasteiger partial charge on any atom is 0.293 e. The first-order valence-corrected chi connectivity index (χ1v) is 6.74. The first kappa shape index (κ1) is 14.1. The van der Waals surface area contributed by atoms with Gasteiger partial charge in [-0.2, -0.15) is 0 Å². The summed E-state index contributed by atoms with van der Waals surface area (Å²) in [6.45, 7) is 4.16. The first-order chi connectivity index (χ1) is 8.97. The van der Waals surface area contributed by atoms with Crippen molar-refractivity contribution in [3.63, 3.8) is 0 Å². The van der Waals surface area contributed by atoms with Crippen LogP contribution < -0.4 is 5.32 Å². The summed E-state index contributed by atoms with van der Waals surface area (Å²) < 4.78 is 0. The van der Waals surface area contributed by atoms with E-state index in [1.807, 2.05) is 0 Å². The summed E-state index contributed by atoms with van der Waals surface area (Å²) in [5.41, 5.74) is 0.592. The number of nitrogens with one attached hydrogen (secondary N) is 1. The highest BCUT2D eigenvalue weighted by molar-refractivity contribution is 6.30. The molecule has 1 N–H and O–H groups in total. The van der Waals surface area contributed by atoms with Crippen LogP contribution in [0.15, 0.2) is 18.2 Å². The maximum atomic E-state index is 11.0. The minimum Gasteiger partial charge on any atom is -0.376 e. The van der Waals surface area contributed by atoms with Gasteiger partial charge in [0.25, 0.3) is 5.69 Å². The topological polar surface area (TPSA) is 58.4 Å². The Bertz CT molecular complexity index is 481. The van der Waals surface area contributed by atoms with E-state index >= 15 is 0 Å². The first-order valence-electron chi connectivity index (χ1n) is 6.36. The fourth-order valence-corrected chi connectivity index (χ4v) is 2.71. The van der Waals surface area contributed by atoms with Gasteiger partial charge in [-0.15, -0.1) is 0 Å². The van der Waals surface area contributed by atoms with Crippen LogP contribution in [0.3, 0.4) is 0 Å². The average Bonchev–Trinajstić information content (AvgIpc) is 2.34. The molecule has 1 saturated heterocycles. The van der Waals surface area contributed by atoms with Gasteiger partial charge < -0.3 is 10.2 Å². The van der Waals surface area contributed by atoms with Crippen molar-refractivity contribution in [3.8, 4) is 0 Å². The van der Waals surface area contributed by atoms with E-state index in [4.69, 9.17) is 11.6 Å². The monoisotopic (exact) mass is 283 g/mol. The minimum absolute atomic E-state index is 0.0404. The average molecular weight is 284 g/mol. The molecular weight excluding hydrogens is 266 g/mol. The third-order valence-corrected chi connectivity index (χ3v) is 3.84. The molecule has 1 fully saturated rings. The molecule has 1 aromatic carbocycles. The molecule has 1 heterocycles. The summed E-state index contributed by atoms with van der Waals surface area (Å²) in [7, 11) is 2.09. The van der Waals surface area contributed by atoms with Crippen LogP contribution in [-0.2, 0) is 0 Å². The summed E-state index contributed by atoms with van der Waals surface area (Å²) in [6, 6.07) is 5.02. The van der Waals surface area contributed by atoms with Crippen molar-refractivity contribution in [2.45, 2.75) is 19.4 Å². The molecule has 0 aliphatic carbocycles. The number of anilines is 1. The second-order valence-electron chi connectivity index (χ2n) is 5.20. The van der Waals surface area contributed by atoms with Gasteiger partial charge in [-0.1, -0.05) is 18.5 Å². The fraction of sp³-hybridized carbons (Fsp3) is 0.538. The summed E-state index contributed by atoms with van der Waals surface area (Å²) in [5.74, 6) is 0.453. The van der Waals surface area contributed by atoms with E-state index in [9.17, 15) is 10.1 Å². The Kier molecular flexibility index (Phi) is 4.27. The van der Waals surface area contributed by atoms with Gasteiger partial charge in [0.15, 0.2) is 0 Å². The van der Waals surface area contributed by atoms with Crippen LogP contribution in [0.2, 0.25) is 5.02 Å². The lowest BCUT2D eigenvalue weighted by Gasteiger charge is -2.35. The van der Waals surface area contributed by atoms with Crippen LogP contribution in [0.25, 0.3) is 0 Å². The molecule has 0 amide bonds. The molecule has 1 aliphatic heterocycles. The van der Waals surface area contributed by atoms with Crippen LogP contribution in [0.5, 0.6) is 0 Å². The van der Waals surface area contributed by atoms with Crippen molar-refractivity contribution in [1.29, 1.82) is 0 Å². The molecule has 1 aromatic rings. The van der Waals surface area contributed by atoms with E-state index in [0.29, 0.717) is 16.6 Å².